The molecule has 0 spiro atoms. The Morgan fingerprint density at radius 3 is 2.56 bits per heavy atom. The van der Waals surface area contributed by atoms with Gasteiger partial charge in [-0.25, -0.2) is 9.67 Å². The van der Waals surface area contributed by atoms with Crippen molar-refractivity contribution in [2.75, 3.05) is 31.6 Å². The normalized spacial score (nSPS) is 20.2. The number of rotatable bonds is 5. The average molecular weight is 544 g/mol. The molecule has 0 bridgehead atoms. The lowest BCUT2D eigenvalue weighted by Gasteiger charge is -2.40. The third-order valence-corrected chi connectivity index (χ3v) is 7.07. The minimum atomic E-state index is -4.48. The summed E-state index contributed by atoms with van der Waals surface area (Å²) in [5, 5.41) is 13.2. The van der Waals surface area contributed by atoms with E-state index in [9.17, 15) is 13.2 Å². The van der Waals surface area contributed by atoms with Crippen LogP contribution in [0.1, 0.15) is 18.9 Å². The highest BCUT2D eigenvalue weighted by Crippen LogP contribution is 2.39. The number of fused-ring (bicyclic) bond motifs is 1. The summed E-state index contributed by atoms with van der Waals surface area (Å²) < 4.78 is 51.7. The molecular formula is C26H32F3N9O+4. The van der Waals surface area contributed by atoms with Crippen molar-refractivity contribution in [2.24, 2.45) is 7.05 Å². The number of aromatic nitrogens is 7. The lowest BCUT2D eigenvalue weighted by atomic mass is 10.1. The summed E-state index contributed by atoms with van der Waals surface area (Å²) >= 11 is 0. The van der Waals surface area contributed by atoms with E-state index in [0.717, 1.165) is 23.5 Å². The molecule has 6 rings (SSSR count). The third kappa shape index (κ3) is 4.67. The maximum atomic E-state index is 13.9. The zero-order valence-corrected chi connectivity index (χ0v) is 21.7. The van der Waals surface area contributed by atoms with E-state index in [0.29, 0.717) is 40.3 Å². The summed E-state index contributed by atoms with van der Waals surface area (Å²) in [4.78, 5) is 9.27. The smallest absolute Gasteiger partial charge is 0.473 e. The largest absolute Gasteiger partial charge is 1.00 e. The zero-order valence-electron chi connectivity index (χ0n) is 25.7. The predicted octanol–water partition coefficient (Wildman–Crippen LogP) is 4.45. The van der Waals surface area contributed by atoms with Crippen LogP contribution in [0.4, 0.5) is 18.9 Å². The molecule has 0 aliphatic carbocycles. The van der Waals surface area contributed by atoms with E-state index in [1.54, 1.807) is 46.2 Å². The van der Waals surface area contributed by atoms with Gasteiger partial charge < -0.3 is 14.5 Å². The maximum absolute atomic E-state index is 13.9. The summed E-state index contributed by atoms with van der Waals surface area (Å²) in [6, 6.07) is 5.47. The summed E-state index contributed by atoms with van der Waals surface area (Å²) in [5.74, 6) is 0. The number of hydrogen-bond donors (Lipinski definition) is 0. The highest BCUT2D eigenvalue weighted by Gasteiger charge is 2.34. The van der Waals surface area contributed by atoms with Gasteiger partial charge in [0.1, 0.15) is 23.3 Å². The number of aryl methyl sites for hydroxylation is 1. The Balaban J connectivity index is 0.00000161. The molecule has 10 nitrogen and oxygen atoms in total. The van der Waals surface area contributed by atoms with Crippen LogP contribution in [0, 0.1) is 0 Å². The average Bonchev–Trinajstić information content (AvgIpc) is 3.62. The fraction of sp³-hybridized carbons (Fsp3) is 0.385. The van der Waals surface area contributed by atoms with Gasteiger partial charge in [-0.2, -0.15) is 28.5 Å². The van der Waals surface area contributed by atoms with E-state index in [1.165, 1.54) is 0 Å². The number of anilines is 1. The number of halogens is 3. The van der Waals surface area contributed by atoms with Crippen molar-refractivity contribution < 1.29 is 23.6 Å². The fourth-order valence-corrected chi connectivity index (χ4v) is 5.31. The predicted molar refractivity (Wildman–Crippen MR) is 144 cm³/mol. The quantitative estimate of drug-likeness (QED) is 0.368. The van der Waals surface area contributed by atoms with Crippen LogP contribution in [0.5, 0.6) is 0 Å². The third-order valence-electron chi connectivity index (χ3n) is 7.07. The number of likely N-dealkylation sites (N-methyl/N-ethyl adjacent to an activating group) is 1. The highest BCUT2D eigenvalue weighted by molar-refractivity contribution is 5.99. The van der Waals surface area contributed by atoms with E-state index in [1.807, 2.05) is 32.3 Å². The number of hydrogen-bond acceptors (Lipinski definition) is 7. The Kier molecular flexibility index (Phi) is 6.17. The molecule has 204 valence electrons. The van der Waals surface area contributed by atoms with Crippen molar-refractivity contribution in [2.45, 2.75) is 31.9 Å². The Hall–Kier alpha value is -4.13. The first-order valence-electron chi connectivity index (χ1n) is 12.6. The molecule has 0 aromatic carbocycles. The van der Waals surface area contributed by atoms with Crippen molar-refractivity contribution in [3.63, 3.8) is 0 Å². The molecule has 4 aromatic rings. The van der Waals surface area contributed by atoms with E-state index >= 15 is 0 Å². The number of allylic oxidation sites excluding steroid dienone is 2. The maximum Gasteiger partial charge on any atom is 1.00 e. The zero-order chi connectivity index (χ0) is 27.3. The van der Waals surface area contributed by atoms with E-state index < -0.39 is 18.9 Å². The molecule has 0 radical (unpaired) electrons. The van der Waals surface area contributed by atoms with Crippen molar-refractivity contribution in [1.29, 1.82) is 0 Å². The molecule has 0 N–H and O–H groups in total. The number of piperazine rings is 1. The van der Waals surface area contributed by atoms with Gasteiger partial charge in [0.2, 0.25) is 6.23 Å². The summed E-state index contributed by atoms with van der Waals surface area (Å²) in [5.41, 5.74) is 3.48. The van der Waals surface area contributed by atoms with Crippen LogP contribution in [0.25, 0.3) is 33.8 Å². The Labute approximate surface area is 228 Å². The molecule has 0 saturated carbocycles. The Bertz CT molecular complexity index is 1580. The molecular weight excluding hydrogens is 511 g/mol. The van der Waals surface area contributed by atoms with Gasteiger partial charge in [-0.15, -0.1) is 0 Å². The van der Waals surface area contributed by atoms with E-state index in [2.05, 4.69) is 32.0 Å². The van der Waals surface area contributed by atoms with Gasteiger partial charge in [0.25, 0.3) is 0 Å². The molecule has 1 fully saturated rings. The first-order chi connectivity index (χ1) is 18.7. The number of nitrogens with zero attached hydrogens (tertiary/aromatic N) is 9. The molecule has 1 unspecified atom stereocenters. The van der Waals surface area contributed by atoms with E-state index in [4.69, 9.17) is 9.72 Å². The van der Waals surface area contributed by atoms with E-state index in [-0.39, 0.29) is 11.7 Å². The summed E-state index contributed by atoms with van der Waals surface area (Å²) in [6.45, 7) is 3.03. The van der Waals surface area contributed by atoms with Gasteiger partial charge in [-0.1, -0.05) is 6.08 Å². The molecule has 2 atom stereocenters. The topological polar surface area (TPSA) is 82.1 Å². The van der Waals surface area contributed by atoms with Crippen molar-refractivity contribution >= 4 is 16.7 Å². The second-order valence-corrected chi connectivity index (χ2v) is 9.89. The fourth-order valence-electron chi connectivity index (χ4n) is 5.31. The van der Waals surface area contributed by atoms with Crippen LogP contribution >= 0.6 is 0 Å². The lowest BCUT2D eigenvalue weighted by Crippen LogP contribution is -2.50. The number of pyridine rings is 1. The summed E-state index contributed by atoms with van der Waals surface area (Å²) in [6.07, 6.45) is 5.11. The first kappa shape index (κ1) is 25.2. The van der Waals surface area contributed by atoms with Crippen LogP contribution in [0.2, 0.25) is 0 Å². The second-order valence-electron chi connectivity index (χ2n) is 9.89. The molecule has 6 heterocycles. The van der Waals surface area contributed by atoms with Crippen molar-refractivity contribution in [3.8, 4) is 22.8 Å². The standard InChI is InChI=1S/C26H28F3N9O/c1-17-15-34(2)11-12-36(17)21-14-18(19-7-9-30-35(19)3)32-24-23(33-37(25(21)24)16-26(27,28)29)20-8-10-31-38(20)22-6-4-5-13-39-22/h4-10,13-14,17,22H,11-12,15-16H2,1-3H3/p+4/t17-,22?/m1/s1. The van der Waals surface area contributed by atoms with Crippen LogP contribution < -0.4 is 4.90 Å². The van der Waals surface area contributed by atoms with Crippen LogP contribution in [0.15, 0.2) is 55.1 Å². The van der Waals surface area contributed by atoms with Crippen LogP contribution in [-0.4, -0.2) is 78.1 Å². The molecule has 13 heteroatoms. The van der Waals surface area contributed by atoms with Gasteiger partial charge in [0.05, 0.1) is 29.0 Å². The van der Waals surface area contributed by atoms with Crippen LogP contribution in [0.3, 0.4) is 0 Å². The minimum absolute atomic E-state index is 0. The minimum Gasteiger partial charge on any atom is -0.473 e. The van der Waals surface area contributed by atoms with Crippen molar-refractivity contribution in [1.82, 2.24) is 39.2 Å². The molecule has 4 aromatic heterocycles. The first-order valence-corrected chi connectivity index (χ1v) is 12.6. The Morgan fingerprint density at radius 1 is 1.08 bits per heavy atom. The van der Waals surface area contributed by atoms with Gasteiger partial charge in [-0.05, 0) is 44.3 Å². The number of alkyl halides is 3. The van der Waals surface area contributed by atoms with Crippen LogP contribution in [-0.2, 0) is 18.3 Å². The summed E-state index contributed by atoms with van der Waals surface area (Å²) in [7, 11) is 3.85. The molecule has 2 aliphatic rings. The Morgan fingerprint density at radius 2 is 1.87 bits per heavy atom. The van der Waals surface area contributed by atoms with Gasteiger partial charge >= 0.3 is 11.9 Å². The van der Waals surface area contributed by atoms with Crippen molar-refractivity contribution in [3.05, 3.63) is 55.1 Å². The molecule has 0 amide bonds. The van der Waals surface area contributed by atoms with Gasteiger partial charge in [0, 0.05) is 45.1 Å². The molecule has 39 heavy (non-hydrogen) atoms. The molecule has 2 aliphatic heterocycles. The SMILES string of the molecule is C[C@@H]1CN(C)CCN1c1cc(-c2ccnn2C)nc2c(-c3ccnn3C3C=CC=CO3)nn(CC(F)(F)F)c12.[H+].[H+].[H+].[H+]. The number of ether oxygens (including phenoxy) is 1. The monoisotopic (exact) mass is 543 g/mol. The van der Waals surface area contributed by atoms with Gasteiger partial charge in [0.15, 0.2) is 0 Å². The highest BCUT2D eigenvalue weighted by atomic mass is 19.4. The molecule has 1 saturated heterocycles. The van der Waals surface area contributed by atoms with Gasteiger partial charge in [-0.3, -0.25) is 9.36 Å². The lowest BCUT2D eigenvalue weighted by molar-refractivity contribution is -0.141. The second kappa shape index (κ2) is 9.56.